The lowest BCUT2D eigenvalue weighted by atomic mass is 10.3. The first-order chi connectivity index (χ1) is 10.8. The number of thiazole rings is 1. The van der Waals surface area contributed by atoms with E-state index >= 15 is 0 Å². The van der Waals surface area contributed by atoms with Crippen molar-refractivity contribution in [3.63, 3.8) is 0 Å². The second-order valence-corrected chi connectivity index (χ2v) is 7.44. The van der Waals surface area contributed by atoms with Gasteiger partial charge < -0.3 is 10.0 Å². The van der Waals surface area contributed by atoms with E-state index in [0.29, 0.717) is 12.3 Å². The normalized spacial score (nSPS) is 16.3. The van der Waals surface area contributed by atoms with Crippen LogP contribution in [0.25, 0.3) is 10.2 Å². The molecule has 2 heterocycles. The molecule has 0 saturated carbocycles. The number of para-hydroxylation sites is 1. The summed E-state index contributed by atoms with van der Waals surface area (Å²) >= 11 is 3.16. The standard InChI is InChI=1S/C15H19N3O2S2/c19-10-9-17-5-7-18(8-6-17)14(20)11-21-15-16-12-3-1-2-4-13(12)22-15/h1-4,19H,5-11H2. The molecule has 1 amide bonds. The van der Waals surface area contributed by atoms with E-state index in [-0.39, 0.29) is 12.5 Å². The van der Waals surface area contributed by atoms with Crippen molar-refractivity contribution in [3.05, 3.63) is 24.3 Å². The van der Waals surface area contributed by atoms with Gasteiger partial charge in [-0.25, -0.2) is 4.98 Å². The zero-order valence-corrected chi connectivity index (χ0v) is 13.9. The third kappa shape index (κ3) is 3.78. The van der Waals surface area contributed by atoms with Gasteiger partial charge >= 0.3 is 0 Å². The van der Waals surface area contributed by atoms with Crippen LogP contribution in [0.4, 0.5) is 0 Å². The number of piperazine rings is 1. The molecule has 1 aromatic heterocycles. The second kappa shape index (κ2) is 7.41. The monoisotopic (exact) mass is 337 g/mol. The highest BCUT2D eigenvalue weighted by molar-refractivity contribution is 8.01. The first-order valence-electron chi connectivity index (χ1n) is 7.35. The fraction of sp³-hybridized carbons (Fsp3) is 0.467. The lowest BCUT2D eigenvalue weighted by molar-refractivity contribution is -0.130. The topological polar surface area (TPSA) is 56.7 Å². The Balaban J connectivity index is 1.50. The van der Waals surface area contributed by atoms with Crippen LogP contribution in [-0.2, 0) is 4.79 Å². The Bertz CT molecular complexity index is 606. The van der Waals surface area contributed by atoms with Crippen LogP contribution in [0.5, 0.6) is 0 Å². The molecule has 118 valence electrons. The maximum absolute atomic E-state index is 12.3. The van der Waals surface area contributed by atoms with Crippen molar-refractivity contribution >= 4 is 39.2 Å². The maximum atomic E-state index is 12.3. The number of rotatable bonds is 5. The van der Waals surface area contributed by atoms with E-state index < -0.39 is 0 Å². The van der Waals surface area contributed by atoms with E-state index in [9.17, 15) is 4.79 Å². The quantitative estimate of drug-likeness (QED) is 0.839. The molecule has 0 atom stereocenters. The molecule has 1 N–H and O–H groups in total. The van der Waals surface area contributed by atoms with Gasteiger partial charge in [0.25, 0.3) is 0 Å². The van der Waals surface area contributed by atoms with Gasteiger partial charge in [-0.05, 0) is 12.1 Å². The Hall–Kier alpha value is -1.15. The fourth-order valence-corrected chi connectivity index (χ4v) is 4.46. The summed E-state index contributed by atoms with van der Waals surface area (Å²) in [6.45, 7) is 4.07. The number of aliphatic hydroxyl groups excluding tert-OH is 1. The predicted molar refractivity (Wildman–Crippen MR) is 90.4 cm³/mol. The van der Waals surface area contributed by atoms with Gasteiger partial charge in [-0.15, -0.1) is 11.3 Å². The minimum Gasteiger partial charge on any atom is -0.395 e. The summed E-state index contributed by atoms with van der Waals surface area (Å²) < 4.78 is 2.11. The molecule has 7 heteroatoms. The average Bonchev–Trinajstić information content (AvgIpc) is 2.96. The number of amides is 1. The van der Waals surface area contributed by atoms with Crippen LogP contribution in [-0.4, -0.2) is 70.9 Å². The molecular formula is C15H19N3O2S2. The third-order valence-electron chi connectivity index (χ3n) is 3.73. The third-order valence-corrected chi connectivity index (χ3v) is 5.90. The van der Waals surface area contributed by atoms with Gasteiger partial charge in [0.2, 0.25) is 5.91 Å². The maximum Gasteiger partial charge on any atom is 0.233 e. The van der Waals surface area contributed by atoms with E-state index in [1.165, 1.54) is 11.8 Å². The van der Waals surface area contributed by atoms with E-state index in [1.54, 1.807) is 11.3 Å². The number of β-amino-alcohol motifs (C(OH)–C–C–N with tert-alkyl or cyclic N) is 1. The highest BCUT2D eigenvalue weighted by Crippen LogP contribution is 2.29. The number of fused-ring (bicyclic) bond motifs is 1. The van der Waals surface area contributed by atoms with Crippen molar-refractivity contribution in [2.24, 2.45) is 0 Å². The van der Waals surface area contributed by atoms with Crippen molar-refractivity contribution in [2.75, 3.05) is 45.1 Å². The zero-order valence-electron chi connectivity index (χ0n) is 12.3. The second-order valence-electron chi connectivity index (χ2n) is 5.18. The van der Waals surface area contributed by atoms with Gasteiger partial charge in [-0.2, -0.15) is 0 Å². The Morgan fingerprint density at radius 2 is 2.05 bits per heavy atom. The molecule has 0 spiro atoms. The number of carbonyl (C=O) groups excluding carboxylic acids is 1. The summed E-state index contributed by atoms with van der Waals surface area (Å²) in [5, 5.41) is 8.93. The molecule has 22 heavy (non-hydrogen) atoms. The van der Waals surface area contributed by atoms with Gasteiger partial charge in [0.05, 0.1) is 22.6 Å². The first kappa shape index (κ1) is 15.7. The number of thioether (sulfide) groups is 1. The molecule has 5 nitrogen and oxygen atoms in total. The Morgan fingerprint density at radius 3 is 2.77 bits per heavy atom. The molecule has 0 aliphatic carbocycles. The lowest BCUT2D eigenvalue weighted by Gasteiger charge is -2.34. The molecular weight excluding hydrogens is 318 g/mol. The summed E-state index contributed by atoms with van der Waals surface area (Å²) in [6.07, 6.45) is 0. The Kier molecular flexibility index (Phi) is 5.30. The van der Waals surface area contributed by atoms with Crippen molar-refractivity contribution in [3.8, 4) is 0 Å². The molecule has 1 fully saturated rings. The molecule has 0 unspecified atom stereocenters. The van der Waals surface area contributed by atoms with Crippen LogP contribution in [0, 0.1) is 0 Å². The highest BCUT2D eigenvalue weighted by atomic mass is 32.2. The fourth-order valence-electron chi connectivity index (χ4n) is 2.49. The minimum absolute atomic E-state index is 0.174. The SMILES string of the molecule is O=C(CSc1nc2ccccc2s1)N1CCN(CCO)CC1. The van der Waals surface area contributed by atoms with Crippen molar-refractivity contribution < 1.29 is 9.90 Å². The summed E-state index contributed by atoms with van der Waals surface area (Å²) in [5.41, 5.74) is 1.00. The van der Waals surface area contributed by atoms with Crippen LogP contribution in [0.2, 0.25) is 0 Å². The summed E-state index contributed by atoms with van der Waals surface area (Å²) in [5.74, 6) is 0.618. The molecule has 3 rings (SSSR count). The van der Waals surface area contributed by atoms with Crippen LogP contribution < -0.4 is 0 Å². The number of aromatic nitrogens is 1. The van der Waals surface area contributed by atoms with Crippen molar-refractivity contribution in [1.29, 1.82) is 0 Å². The van der Waals surface area contributed by atoms with Gasteiger partial charge in [-0.1, -0.05) is 23.9 Å². The number of hydrogen-bond donors (Lipinski definition) is 1. The molecule has 0 bridgehead atoms. The van der Waals surface area contributed by atoms with Gasteiger partial charge in [0.15, 0.2) is 4.34 Å². The molecule has 1 aliphatic rings. The van der Waals surface area contributed by atoms with Gasteiger partial charge in [0, 0.05) is 32.7 Å². The first-order valence-corrected chi connectivity index (χ1v) is 9.16. The molecule has 1 aromatic carbocycles. The van der Waals surface area contributed by atoms with Crippen molar-refractivity contribution in [2.45, 2.75) is 4.34 Å². The van der Waals surface area contributed by atoms with Crippen LogP contribution >= 0.6 is 23.1 Å². The van der Waals surface area contributed by atoms with Gasteiger partial charge in [-0.3, -0.25) is 9.69 Å². The summed E-state index contributed by atoms with van der Waals surface area (Å²) in [4.78, 5) is 20.9. The average molecular weight is 337 g/mol. The largest absolute Gasteiger partial charge is 0.395 e. The van der Waals surface area contributed by atoms with Crippen LogP contribution in [0.3, 0.4) is 0 Å². The Morgan fingerprint density at radius 1 is 1.27 bits per heavy atom. The van der Waals surface area contributed by atoms with Crippen molar-refractivity contribution in [1.82, 2.24) is 14.8 Å². The Labute approximate surface area is 137 Å². The summed E-state index contributed by atoms with van der Waals surface area (Å²) in [7, 11) is 0. The van der Waals surface area contributed by atoms with Gasteiger partial charge in [0.1, 0.15) is 0 Å². The number of nitrogens with zero attached hydrogens (tertiary/aromatic N) is 3. The minimum atomic E-state index is 0.174. The molecule has 1 aliphatic heterocycles. The van der Waals surface area contributed by atoms with E-state index in [1.807, 2.05) is 23.1 Å². The zero-order chi connectivity index (χ0) is 15.4. The highest BCUT2D eigenvalue weighted by Gasteiger charge is 2.21. The number of benzene rings is 1. The van der Waals surface area contributed by atoms with Crippen LogP contribution in [0.15, 0.2) is 28.6 Å². The van der Waals surface area contributed by atoms with E-state index in [4.69, 9.17) is 5.11 Å². The molecule has 1 saturated heterocycles. The molecule has 0 radical (unpaired) electrons. The number of hydrogen-bond acceptors (Lipinski definition) is 6. The molecule has 2 aromatic rings. The predicted octanol–water partition coefficient (Wildman–Crippen LogP) is 1.52. The van der Waals surface area contributed by atoms with Crippen LogP contribution in [0.1, 0.15) is 0 Å². The summed E-state index contributed by atoms with van der Waals surface area (Å²) in [6, 6.07) is 8.04. The number of carbonyl (C=O) groups is 1. The van der Waals surface area contributed by atoms with E-state index in [2.05, 4.69) is 16.0 Å². The smallest absolute Gasteiger partial charge is 0.233 e. The lowest BCUT2D eigenvalue weighted by Crippen LogP contribution is -2.49. The van der Waals surface area contributed by atoms with E-state index in [0.717, 1.165) is 40.7 Å². The number of aliphatic hydroxyl groups is 1.